The fourth-order valence-electron chi connectivity index (χ4n) is 1.48. The van der Waals surface area contributed by atoms with Crippen LogP contribution in [0.25, 0.3) is 0 Å². The van der Waals surface area contributed by atoms with Crippen molar-refractivity contribution in [2.24, 2.45) is 0 Å². The zero-order valence-electron chi connectivity index (χ0n) is 8.66. The molecule has 1 aromatic rings. The molecule has 0 spiro atoms. The maximum atomic E-state index is 5.90. The number of hydrogen-bond donors (Lipinski definition) is 1. The summed E-state index contributed by atoms with van der Waals surface area (Å²) in [7, 11) is 3.96. The smallest absolute Gasteiger partial charge is 0.145 e. The van der Waals surface area contributed by atoms with Gasteiger partial charge in [0.2, 0.25) is 0 Å². The minimum atomic E-state index is 0.412. The Morgan fingerprint density at radius 1 is 1.36 bits per heavy atom. The summed E-state index contributed by atoms with van der Waals surface area (Å²) in [6, 6.07) is 5.80. The highest BCUT2D eigenvalue weighted by Crippen LogP contribution is 2.36. The Labute approximate surface area is 84.5 Å². The number of para-hydroxylation sites is 1. The lowest BCUT2D eigenvalue weighted by Crippen LogP contribution is -2.13. The van der Waals surface area contributed by atoms with Gasteiger partial charge in [0.1, 0.15) is 11.4 Å². The van der Waals surface area contributed by atoms with Crippen LogP contribution in [0.3, 0.4) is 0 Å². The maximum absolute atomic E-state index is 5.90. The lowest BCUT2D eigenvalue weighted by Gasteiger charge is -2.19. The van der Waals surface area contributed by atoms with Crippen molar-refractivity contribution in [3.05, 3.63) is 18.2 Å². The summed E-state index contributed by atoms with van der Waals surface area (Å²) in [5.74, 6) is 0.900. The van der Waals surface area contributed by atoms with Crippen LogP contribution in [0, 0.1) is 0 Å². The van der Waals surface area contributed by atoms with Crippen molar-refractivity contribution in [3.8, 4) is 5.75 Å². The van der Waals surface area contributed by atoms with E-state index >= 15 is 0 Å². The molecular formula is C11H16N2O. The van der Waals surface area contributed by atoms with Crippen molar-refractivity contribution in [2.75, 3.05) is 24.7 Å². The molecule has 0 bridgehead atoms. The van der Waals surface area contributed by atoms with Crippen LogP contribution < -0.4 is 15.4 Å². The van der Waals surface area contributed by atoms with E-state index in [0.717, 1.165) is 17.1 Å². The predicted molar refractivity (Wildman–Crippen MR) is 58.8 cm³/mol. The van der Waals surface area contributed by atoms with Gasteiger partial charge in [-0.3, -0.25) is 0 Å². The standard InChI is InChI=1S/C11H16N2O/c1-13(2)11-9(12)4-3-5-10(11)14-8-6-7-8/h3-5,8H,6-7,12H2,1-2H3. The second-order valence-electron chi connectivity index (χ2n) is 3.91. The lowest BCUT2D eigenvalue weighted by molar-refractivity contribution is 0.304. The molecular weight excluding hydrogens is 176 g/mol. The monoisotopic (exact) mass is 192 g/mol. The second-order valence-corrected chi connectivity index (χ2v) is 3.91. The third-order valence-electron chi connectivity index (χ3n) is 2.30. The molecule has 76 valence electrons. The molecule has 1 fully saturated rings. The fourth-order valence-corrected chi connectivity index (χ4v) is 1.48. The Hall–Kier alpha value is -1.38. The second kappa shape index (κ2) is 3.40. The Kier molecular flexibility index (Phi) is 2.23. The number of ether oxygens (including phenoxy) is 1. The number of hydrogen-bond acceptors (Lipinski definition) is 3. The van der Waals surface area contributed by atoms with E-state index in [1.165, 1.54) is 12.8 Å². The summed E-state index contributed by atoms with van der Waals surface area (Å²) in [5, 5.41) is 0. The third-order valence-corrected chi connectivity index (χ3v) is 2.30. The van der Waals surface area contributed by atoms with E-state index in [4.69, 9.17) is 10.5 Å². The van der Waals surface area contributed by atoms with Crippen molar-refractivity contribution in [3.63, 3.8) is 0 Å². The minimum Gasteiger partial charge on any atom is -0.488 e. The van der Waals surface area contributed by atoms with Gasteiger partial charge in [0.05, 0.1) is 11.8 Å². The molecule has 0 aliphatic heterocycles. The highest BCUT2D eigenvalue weighted by Gasteiger charge is 2.25. The summed E-state index contributed by atoms with van der Waals surface area (Å²) in [5.41, 5.74) is 7.65. The highest BCUT2D eigenvalue weighted by molar-refractivity contribution is 5.74. The van der Waals surface area contributed by atoms with Crippen LogP contribution in [0.4, 0.5) is 11.4 Å². The molecule has 0 amide bonds. The van der Waals surface area contributed by atoms with E-state index in [9.17, 15) is 0 Å². The van der Waals surface area contributed by atoms with Crippen LogP contribution in [0.2, 0.25) is 0 Å². The average Bonchev–Trinajstić information content (AvgIpc) is 2.87. The van der Waals surface area contributed by atoms with E-state index in [1.54, 1.807) is 0 Å². The quantitative estimate of drug-likeness (QED) is 0.743. The molecule has 1 aromatic carbocycles. The molecule has 1 aliphatic rings. The maximum Gasteiger partial charge on any atom is 0.145 e. The van der Waals surface area contributed by atoms with Crippen LogP contribution >= 0.6 is 0 Å². The highest BCUT2D eigenvalue weighted by atomic mass is 16.5. The van der Waals surface area contributed by atoms with Crippen molar-refractivity contribution in [2.45, 2.75) is 18.9 Å². The Morgan fingerprint density at radius 3 is 2.64 bits per heavy atom. The topological polar surface area (TPSA) is 38.5 Å². The molecule has 14 heavy (non-hydrogen) atoms. The first-order valence-corrected chi connectivity index (χ1v) is 4.91. The molecule has 3 heteroatoms. The minimum absolute atomic E-state index is 0.412. The van der Waals surface area contributed by atoms with Gasteiger partial charge in [0, 0.05) is 14.1 Å². The van der Waals surface area contributed by atoms with E-state index in [1.807, 2.05) is 37.2 Å². The van der Waals surface area contributed by atoms with Gasteiger partial charge in [0.15, 0.2) is 0 Å². The van der Waals surface area contributed by atoms with Crippen LogP contribution in [-0.2, 0) is 0 Å². The summed E-state index contributed by atoms with van der Waals surface area (Å²) >= 11 is 0. The normalized spacial score (nSPS) is 15.3. The number of nitrogens with two attached hydrogens (primary N) is 1. The van der Waals surface area contributed by atoms with Crippen molar-refractivity contribution < 1.29 is 4.74 Å². The predicted octanol–water partition coefficient (Wildman–Crippen LogP) is 1.88. The molecule has 0 atom stereocenters. The van der Waals surface area contributed by atoms with Gasteiger partial charge < -0.3 is 15.4 Å². The molecule has 2 N–H and O–H groups in total. The van der Waals surface area contributed by atoms with Crippen LogP contribution in [0.1, 0.15) is 12.8 Å². The molecule has 0 saturated heterocycles. The zero-order valence-corrected chi connectivity index (χ0v) is 8.66. The van der Waals surface area contributed by atoms with Gasteiger partial charge >= 0.3 is 0 Å². The largest absolute Gasteiger partial charge is 0.488 e. The van der Waals surface area contributed by atoms with Gasteiger partial charge in [-0.2, -0.15) is 0 Å². The Morgan fingerprint density at radius 2 is 2.07 bits per heavy atom. The van der Waals surface area contributed by atoms with Gasteiger partial charge in [-0.1, -0.05) is 6.07 Å². The number of benzene rings is 1. The summed E-state index contributed by atoms with van der Waals surface area (Å²) in [4.78, 5) is 1.99. The van der Waals surface area contributed by atoms with Gasteiger partial charge in [-0.05, 0) is 25.0 Å². The first-order valence-electron chi connectivity index (χ1n) is 4.91. The van der Waals surface area contributed by atoms with Crippen molar-refractivity contribution in [1.82, 2.24) is 0 Å². The molecule has 1 saturated carbocycles. The summed E-state index contributed by atoms with van der Waals surface area (Å²) in [6.45, 7) is 0. The molecule has 0 aromatic heterocycles. The van der Waals surface area contributed by atoms with E-state index < -0.39 is 0 Å². The van der Waals surface area contributed by atoms with Gasteiger partial charge in [-0.25, -0.2) is 0 Å². The van der Waals surface area contributed by atoms with Gasteiger partial charge in [0.25, 0.3) is 0 Å². The first kappa shape index (κ1) is 9.19. The Bertz CT molecular complexity index is 332. The average molecular weight is 192 g/mol. The number of rotatable bonds is 3. The summed E-state index contributed by atoms with van der Waals surface area (Å²) < 4.78 is 5.78. The van der Waals surface area contributed by atoms with Crippen LogP contribution in [0.15, 0.2) is 18.2 Å². The fraction of sp³-hybridized carbons (Fsp3) is 0.455. The lowest BCUT2D eigenvalue weighted by atomic mass is 10.2. The van der Waals surface area contributed by atoms with Crippen molar-refractivity contribution in [1.29, 1.82) is 0 Å². The molecule has 0 unspecified atom stereocenters. The third kappa shape index (κ3) is 1.76. The number of nitrogens with zero attached hydrogens (tertiary/aromatic N) is 1. The van der Waals surface area contributed by atoms with Crippen molar-refractivity contribution >= 4 is 11.4 Å². The molecule has 0 radical (unpaired) electrons. The van der Waals surface area contributed by atoms with Crippen LogP contribution in [0.5, 0.6) is 5.75 Å². The van der Waals surface area contributed by atoms with E-state index in [2.05, 4.69) is 0 Å². The van der Waals surface area contributed by atoms with E-state index in [-0.39, 0.29) is 0 Å². The van der Waals surface area contributed by atoms with E-state index in [0.29, 0.717) is 6.10 Å². The molecule has 2 rings (SSSR count). The molecule has 0 heterocycles. The van der Waals surface area contributed by atoms with Crippen LogP contribution in [-0.4, -0.2) is 20.2 Å². The summed E-state index contributed by atoms with van der Waals surface area (Å²) in [6.07, 6.45) is 2.75. The Balaban J connectivity index is 2.30. The number of anilines is 2. The zero-order chi connectivity index (χ0) is 10.1. The molecule has 1 aliphatic carbocycles. The first-order chi connectivity index (χ1) is 6.68. The molecule has 3 nitrogen and oxygen atoms in total. The number of nitrogen functional groups attached to an aromatic ring is 1. The SMILES string of the molecule is CN(C)c1c(N)cccc1OC1CC1. The van der Waals surface area contributed by atoms with Gasteiger partial charge in [-0.15, -0.1) is 0 Å².